The number of aromatic amines is 1. The molecule has 0 fully saturated rings. The number of H-pyrrole nitrogens is 1. The summed E-state index contributed by atoms with van der Waals surface area (Å²) in [4.78, 5) is 22.8. The summed E-state index contributed by atoms with van der Waals surface area (Å²) in [6.45, 7) is 0. The maximum atomic E-state index is 10.5. The highest BCUT2D eigenvalue weighted by Crippen LogP contribution is 1.99. The highest BCUT2D eigenvalue weighted by atomic mass is 32.1. The molecule has 0 aromatic carbocycles. The van der Waals surface area contributed by atoms with Gasteiger partial charge in [0.15, 0.2) is 0 Å². The van der Waals surface area contributed by atoms with E-state index in [1.165, 1.54) is 0 Å². The Labute approximate surface area is 60.5 Å². The van der Waals surface area contributed by atoms with Gasteiger partial charge in [0.1, 0.15) is 0 Å². The van der Waals surface area contributed by atoms with E-state index in [1.54, 1.807) is 0 Å². The van der Waals surface area contributed by atoms with Crippen molar-refractivity contribution in [1.82, 2.24) is 8.96 Å². The van der Waals surface area contributed by atoms with Crippen molar-refractivity contribution < 1.29 is 5.11 Å². The molecule has 1 heterocycles. The lowest BCUT2D eigenvalue weighted by Gasteiger charge is -1.94. The summed E-state index contributed by atoms with van der Waals surface area (Å²) in [5.41, 5.74) is -1.40. The van der Waals surface area contributed by atoms with Crippen LogP contribution in [0.15, 0.2) is 15.7 Å². The van der Waals surface area contributed by atoms with Crippen molar-refractivity contribution in [3.05, 3.63) is 26.9 Å². The van der Waals surface area contributed by atoms with Crippen LogP contribution in [-0.2, 0) is 0 Å². The zero-order valence-electron chi connectivity index (χ0n) is 4.74. The van der Waals surface area contributed by atoms with Gasteiger partial charge in [0.2, 0.25) is 5.88 Å². The first-order valence-electron chi connectivity index (χ1n) is 2.36. The van der Waals surface area contributed by atoms with Gasteiger partial charge in [-0.05, 0) is 0 Å². The smallest absolute Gasteiger partial charge is 0.341 e. The number of hydrogen-bond acceptors (Lipinski definition) is 4. The maximum absolute atomic E-state index is 10.5. The highest BCUT2D eigenvalue weighted by Gasteiger charge is 1.97. The third-order valence-electron chi connectivity index (χ3n) is 0.900. The minimum absolute atomic E-state index is 0.475. The molecule has 0 saturated heterocycles. The molecule has 1 aromatic rings. The topological polar surface area (TPSA) is 75.1 Å². The molecule has 10 heavy (non-hydrogen) atoms. The Bertz CT molecular complexity index is 352. The van der Waals surface area contributed by atoms with Gasteiger partial charge in [-0.3, -0.25) is 9.78 Å². The number of aromatic hydroxyl groups is 1. The average molecular weight is 160 g/mol. The van der Waals surface area contributed by atoms with E-state index in [1.807, 2.05) is 4.98 Å². The Kier molecular flexibility index (Phi) is 1.54. The van der Waals surface area contributed by atoms with Crippen LogP contribution in [0.2, 0.25) is 0 Å². The van der Waals surface area contributed by atoms with E-state index in [-0.39, 0.29) is 0 Å². The third kappa shape index (κ3) is 1.06. The van der Waals surface area contributed by atoms with Crippen molar-refractivity contribution in [2.24, 2.45) is 0 Å². The lowest BCUT2D eigenvalue weighted by Crippen LogP contribution is -2.24. The molecule has 0 unspecified atom stereocenters. The molecule has 0 saturated carbocycles. The number of thiol groups is 1. The largest absolute Gasteiger partial charge is 0.494 e. The number of nitrogens with one attached hydrogen (secondary N) is 1. The fourth-order valence-electron chi connectivity index (χ4n) is 0.477. The number of hydrogen-bond donors (Lipinski definition) is 3. The van der Waals surface area contributed by atoms with E-state index in [0.717, 1.165) is 6.07 Å². The minimum atomic E-state index is -0.756. The molecule has 0 aliphatic heterocycles. The van der Waals surface area contributed by atoms with E-state index < -0.39 is 17.1 Å². The van der Waals surface area contributed by atoms with Crippen LogP contribution in [0.1, 0.15) is 0 Å². The van der Waals surface area contributed by atoms with Gasteiger partial charge in [-0.2, -0.15) is 0 Å². The monoisotopic (exact) mass is 160 g/mol. The molecule has 0 amide bonds. The standard InChI is InChI=1S/C4H4N2O3S/c7-2-1-3(8)6(10)4(9)5-2/h1,8,10H,(H,5,7,9). The number of rotatable bonds is 0. The molecule has 1 rings (SSSR count). The van der Waals surface area contributed by atoms with Crippen LogP contribution in [0.5, 0.6) is 5.88 Å². The summed E-state index contributed by atoms with van der Waals surface area (Å²) in [6.07, 6.45) is 0. The predicted molar refractivity (Wildman–Crippen MR) is 37.4 cm³/mol. The zero-order chi connectivity index (χ0) is 7.72. The van der Waals surface area contributed by atoms with Crippen LogP contribution in [0.4, 0.5) is 0 Å². The lowest BCUT2D eigenvalue weighted by molar-refractivity contribution is 0.442. The van der Waals surface area contributed by atoms with Gasteiger partial charge in [-0.1, -0.05) is 12.8 Å². The number of aromatic nitrogens is 2. The Morgan fingerprint density at radius 3 is 2.70 bits per heavy atom. The van der Waals surface area contributed by atoms with Crippen molar-refractivity contribution in [2.75, 3.05) is 0 Å². The van der Waals surface area contributed by atoms with E-state index in [4.69, 9.17) is 5.11 Å². The summed E-state index contributed by atoms with van der Waals surface area (Å²) in [5, 5.41) is 8.75. The Morgan fingerprint density at radius 1 is 1.60 bits per heavy atom. The Balaban J connectivity index is 3.62. The normalized spacial score (nSPS) is 9.70. The molecule has 0 spiro atoms. The van der Waals surface area contributed by atoms with E-state index in [2.05, 4.69) is 12.8 Å². The molecular formula is C4H4N2O3S. The lowest BCUT2D eigenvalue weighted by atomic mass is 10.6. The average Bonchev–Trinajstić information content (AvgIpc) is 1.82. The van der Waals surface area contributed by atoms with Gasteiger partial charge in [-0.25, -0.2) is 8.77 Å². The molecule has 2 N–H and O–H groups in total. The second-order valence-electron chi connectivity index (χ2n) is 1.61. The fourth-order valence-corrected chi connectivity index (χ4v) is 0.585. The van der Waals surface area contributed by atoms with Crippen LogP contribution in [0.3, 0.4) is 0 Å². The summed E-state index contributed by atoms with van der Waals surface area (Å²) >= 11 is 3.54. The van der Waals surface area contributed by atoms with Crippen LogP contribution < -0.4 is 11.2 Å². The molecule has 0 aliphatic carbocycles. The quantitative estimate of drug-likeness (QED) is 0.423. The van der Waals surface area contributed by atoms with E-state index in [9.17, 15) is 9.59 Å². The molecule has 5 nitrogen and oxygen atoms in total. The predicted octanol–water partition coefficient (Wildman–Crippen LogP) is -1.06. The molecular weight excluding hydrogens is 156 g/mol. The van der Waals surface area contributed by atoms with Gasteiger partial charge in [0, 0.05) is 0 Å². The van der Waals surface area contributed by atoms with Crippen molar-refractivity contribution >= 4 is 12.8 Å². The maximum Gasteiger partial charge on any atom is 0.341 e. The van der Waals surface area contributed by atoms with Crippen LogP contribution >= 0.6 is 12.8 Å². The summed E-state index contributed by atoms with van der Waals surface area (Å²) in [7, 11) is 0. The summed E-state index contributed by atoms with van der Waals surface area (Å²) in [6, 6.07) is 0.856. The fraction of sp³-hybridized carbons (Fsp3) is 0. The second kappa shape index (κ2) is 2.22. The molecule has 0 bridgehead atoms. The Morgan fingerprint density at radius 2 is 2.20 bits per heavy atom. The van der Waals surface area contributed by atoms with E-state index in [0.29, 0.717) is 3.97 Å². The minimum Gasteiger partial charge on any atom is -0.494 e. The first kappa shape index (κ1) is 6.94. The third-order valence-corrected chi connectivity index (χ3v) is 1.29. The van der Waals surface area contributed by atoms with Gasteiger partial charge in [0.05, 0.1) is 6.07 Å². The number of nitrogens with zero attached hydrogens (tertiary/aromatic N) is 1. The summed E-state index contributed by atoms with van der Waals surface area (Å²) < 4.78 is 0.626. The zero-order valence-corrected chi connectivity index (χ0v) is 5.63. The second-order valence-corrected chi connectivity index (χ2v) is 2.01. The van der Waals surface area contributed by atoms with Crippen LogP contribution in [0, 0.1) is 0 Å². The first-order valence-corrected chi connectivity index (χ1v) is 2.76. The molecule has 54 valence electrons. The van der Waals surface area contributed by atoms with Crippen molar-refractivity contribution in [3.63, 3.8) is 0 Å². The first-order chi connectivity index (χ1) is 4.61. The molecule has 0 aliphatic rings. The Hall–Kier alpha value is -1.17. The van der Waals surface area contributed by atoms with Crippen molar-refractivity contribution in [3.8, 4) is 5.88 Å². The molecule has 0 radical (unpaired) electrons. The SMILES string of the molecule is O=c1cc(O)n(S)c(=O)[nH]1. The van der Waals surface area contributed by atoms with Crippen LogP contribution in [-0.4, -0.2) is 14.1 Å². The van der Waals surface area contributed by atoms with Gasteiger partial charge < -0.3 is 5.11 Å². The molecule has 1 aromatic heterocycles. The highest BCUT2D eigenvalue weighted by molar-refractivity contribution is 7.78. The van der Waals surface area contributed by atoms with Gasteiger partial charge >= 0.3 is 5.69 Å². The molecule has 6 heteroatoms. The van der Waals surface area contributed by atoms with Crippen LogP contribution in [0.25, 0.3) is 0 Å². The summed E-state index contributed by atoms with van der Waals surface area (Å²) in [5.74, 6) is -0.475. The van der Waals surface area contributed by atoms with Gasteiger partial charge in [-0.15, -0.1) is 0 Å². The van der Waals surface area contributed by atoms with Crippen molar-refractivity contribution in [2.45, 2.75) is 0 Å². The molecule has 0 atom stereocenters. The van der Waals surface area contributed by atoms with E-state index >= 15 is 0 Å². The van der Waals surface area contributed by atoms with Gasteiger partial charge in [0.25, 0.3) is 5.56 Å². The van der Waals surface area contributed by atoms with Crippen molar-refractivity contribution in [1.29, 1.82) is 0 Å².